The summed E-state index contributed by atoms with van der Waals surface area (Å²) >= 11 is 5.29. The predicted molar refractivity (Wildman–Crippen MR) is 118 cm³/mol. The standard InChI is InChI=1S/C23H19N3O2S/c1-15-11-16(2)13-19(12-15)26-22(28)20(21(27)24-23(26)29)14-18-9-6-10-25(18)17-7-4-3-5-8-17/h3-14H,1-2H3,(H,24,27,29). The van der Waals surface area contributed by atoms with Crippen molar-refractivity contribution < 1.29 is 9.59 Å². The molecule has 0 saturated carbocycles. The number of amides is 2. The van der Waals surface area contributed by atoms with Crippen LogP contribution in [0, 0.1) is 13.8 Å². The number of nitrogens with one attached hydrogen (secondary N) is 1. The average molecular weight is 401 g/mol. The molecule has 3 aromatic rings. The van der Waals surface area contributed by atoms with E-state index in [0.29, 0.717) is 5.69 Å². The highest BCUT2D eigenvalue weighted by Gasteiger charge is 2.34. The fourth-order valence-electron chi connectivity index (χ4n) is 3.46. The van der Waals surface area contributed by atoms with Gasteiger partial charge >= 0.3 is 0 Å². The van der Waals surface area contributed by atoms with Crippen LogP contribution in [-0.2, 0) is 9.59 Å². The fraction of sp³-hybridized carbons (Fsp3) is 0.0870. The molecule has 1 saturated heterocycles. The van der Waals surface area contributed by atoms with Crippen LogP contribution < -0.4 is 10.2 Å². The van der Waals surface area contributed by atoms with Gasteiger partial charge in [0.15, 0.2) is 5.11 Å². The third-order valence-corrected chi connectivity index (χ3v) is 4.96. The van der Waals surface area contributed by atoms with Crippen molar-refractivity contribution in [3.05, 3.63) is 89.3 Å². The molecule has 1 aromatic heterocycles. The Morgan fingerprint density at radius 3 is 2.28 bits per heavy atom. The van der Waals surface area contributed by atoms with Crippen LogP contribution in [0.1, 0.15) is 16.8 Å². The number of hydrogen-bond acceptors (Lipinski definition) is 3. The predicted octanol–water partition coefficient (Wildman–Crippen LogP) is 3.93. The van der Waals surface area contributed by atoms with Gasteiger partial charge in [-0.25, -0.2) is 0 Å². The van der Waals surface area contributed by atoms with E-state index in [1.807, 2.05) is 85.3 Å². The Labute approximate surface area is 174 Å². The third kappa shape index (κ3) is 3.62. The summed E-state index contributed by atoms with van der Waals surface area (Å²) in [6.07, 6.45) is 3.49. The van der Waals surface area contributed by atoms with Gasteiger partial charge in [-0.3, -0.25) is 19.8 Å². The smallest absolute Gasteiger partial charge is 0.270 e. The number of aryl methyl sites for hydroxylation is 2. The maximum absolute atomic E-state index is 13.2. The minimum atomic E-state index is -0.499. The molecular formula is C23H19N3O2S. The number of carbonyl (C=O) groups excluding carboxylic acids is 2. The van der Waals surface area contributed by atoms with Gasteiger partial charge < -0.3 is 4.57 Å². The molecule has 1 fully saturated rings. The molecule has 2 amide bonds. The van der Waals surface area contributed by atoms with Crippen molar-refractivity contribution in [1.82, 2.24) is 9.88 Å². The first-order chi connectivity index (χ1) is 13.9. The molecule has 4 rings (SSSR count). The van der Waals surface area contributed by atoms with Gasteiger partial charge in [0.1, 0.15) is 5.57 Å². The van der Waals surface area contributed by atoms with Crippen LogP contribution in [0.5, 0.6) is 0 Å². The summed E-state index contributed by atoms with van der Waals surface area (Å²) < 4.78 is 1.92. The second kappa shape index (κ2) is 7.48. The van der Waals surface area contributed by atoms with Gasteiger partial charge in [0.05, 0.1) is 5.69 Å². The summed E-state index contributed by atoms with van der Waals surface area (Å²) in [4.78, 5) is 27.2. The lowest BCUT2D eigenvalue weighted by Gasteiger charge is -2.29. The van der Waals surface area contributed by atoms with Crippen molar-refractivity contribution in [1.29, 1.82) is 0 Å². The largest absolute Gasteiger partial charge is 0.317 e. The van der Waals surface area contributed by atoms with Crippen molar-refractivity contribution in [2.24, 2.45) is 0 Å². The summed E-state index contributed by atoms with van der Waals surface area (Å²) in [7, 11) is 0. The lowest BCUT2D eigenvalue weighted by molar-refractivity contribution is -0.122. The third-order valence-electron chi connectivity index (χ3n) is 4.67. The summed E-state index contributed by atoms with van der Waals surface area (Å²) in [5, 5.41) is 2.72. The minimum absolute atomic E-state index is 0.0358. The number of carbonyl (C=O) groups is 2. The lowest BCUT2D eigenvalue weighted by Crippen LogP contribution is -2.54. The molecule has 0 radical (unpaired) electrons. The van der Waals surface area contributed by atoms with Gasteiger partial charge in [-0.15, -0.1) is 0 Å². The Hall–Kier alpha value is -3.51. The van der Waals surface area contributed by atoms with Crippen molar-refractivity contribution in [2.45, 2.75) is 13.8 Å². The van der Waals surface area contributed by atoms with Crippen molar-refractivity contribution >= 4 is 40.9 Å². The minimum Gasteiger partial charge on any atom is -0.317 e. The van der Waals surface area contributed by atoms with Crippen LogP contribution in [0.3, 0.4) is 0 Å². The molecule has 144 valence electrons. The molecular weight excluding hydrogens is 382 g/mol. The number of thiocarbonyl (C=S) groups is 1. The number of para-hydroxylation sites is 1. The zero-order valence-electron chi connectivity index (χ0n) is 16.0. The van der Waals surface area contributed by atoms with E-state index in [0.717, 1.165) is 22.5 Å². The monoisotopic (exact) mass is 401 g/mol. The normalized spacial score (nSPS) is 15.7. The summed E-state index contributed by atoms with van der Waals surface area (Å²) in [5.41, 5.74) is 4.36. The average Bonchev–Trinajstić information content (AvgIpc) is 3.13. The van der Waals surface area contributed by atoms with Crippen LogP contribution in [0.2, 0.25) is 0 Å². The van der Waals surface area contributed by atoms with E-state index in [-0.39, 0.29) is 10.7 Å². The number of benzene rings is 2. The molecule has 0 spiro atoms. The second-order valence-corrected chi connectivity index (χ2v) is 7.33. The maximum atomic E-state index is 13.2. The van der Waals surface area contributed by atoms with Gasteiger partial charge in [0, 0.05) is 17.6 Å². The Morgan fingerprint density at radius 2 is 1.59 bits per heavy atom. The number of hydrogen-bond donors (Lipinski definition) is 1. The molecule has 0 aliphatic carbocycles. The van der Waals surface area contributed by atoms with Gasteiger partial charge in [0.2, 0.25) is 0 Å². The summed E-state index contributed by atoms with van der Waals surface area (Å²) in [6, 6.07) is 19.2. The topological polar surface area (TPSA) is 54.3 Å². The van der Waals surface area contributed by atoms with Crippen molar-refractivity contribution in [2.75, 3.05) is 4.90 Å². The molecule has 2 aromatic carbocycles. The Balaban J connectivity index is 1.77. The number of nitrogens with zero attached hydrogens (tertiary/aromatic N) is 2. The number of aromatic nitrogens is 1. The Morgan fingerprint density at radius 1 is 0.897 bits per heavy atom. The molecule has 0 bridgehead atoms. The fourth-order valence-corrected chi connectivity index (χ4v) is 3.74. The van der Waals surface area contributed by atoms with E-state index in [1.54, 1.807) is 6.08 Å². The van der Waals surface area contributed by atoms with E-state index >= 15 is 0 Å². The molecule has 1 aliphatic heterocycles. The Bertz CT molecular complexity index is 1140. The van der Waals surface area contributed by atoms with E-state index in [1.165, 1.54) is 4.90 Å². The van der Waals surface area contributed by atoms with Crippen LogP contribution >= 0.6 is 12.2 Å². The molecule has 2 heterocycles. The molecule has 1 N–H and O–H groups in total. The first-order valence-corrected chi connectivity index (χ1v) is 9.57. The van der Waals surface area contributed by atoms with Crippen LogP contribution in [-0.4, -0.2) is 21.5 Å². The molecule has 29 heavy (non-hydrogen) atoms. The summed E-state index contributed by atoms with van der Waals surface area (Å²) in [6.45, 7) is 3.91. The van der Waals surface area contributed by atoms with Gasteiger partial charge in [-0.1, -0.05) is 24.3 Å². The van der Waals surface area contributed by atoms with Crippen molar-refractivity contribution in [3.8, 4) is 5.69 Å². The molecule has 6 heteroatoms. The molecule has 5 nitrogen and oxygen atoms in total. The van der Waals surface area contributed by atoms with E-state index in [2.05, 4.69) is 5.32 Å². The lowest BCUT2D eigenvalue weighted by atomic mass is 10.1. The molecule has 0 atom stereocenters. The van der Waals surface area contributed by atoms with Crippen molar-refractivity contribution in [3.63, 3.8) is 0 Å². The summed E-state index contributed by atoms with van der Waals surface area (Å²) in [5.74, 6) is -0.939. The second-order valence-electron chi connectivity index (χ2n) is 6.94. The van der Waals surface area contributed by atoms with Gasteiger partial charge in [0.25, 0.3) is 11.8 Å². The number of anilines is 1. The van der Waals surface area contributed by atoms with Crippen LogP contribution in [0.25, 0.3) is 11.8 Å². The zero-order valence-corrected chi connectivity index (χ0v) is 16.9. The first kappa shape index (κ1) is 18.8. The van der Waals surface area contributed by atoms with E-state index in [9.17, 15) is 9.59 Å². The van der Waals surface area contributed by atoms with E-state index < -0.39 is 11.8 Å². The molecule has 1 aliphatic rings. The van der Waals surface area contributed by atoms with Gasteiger partial charge in [-0.2, -0.15) is 0 Å². The highest BCUT2D eigenvalue weighted by molar-refractivity contribution is 7.80. The highest BCUT2D eigenvalue weighted by atomic mass is 32.1. The zero-order chi connectivity index (χ0) is 20.5. The SMILES string of the molecule is Cc1cc(C)cc(N2C(=O)C(=Cc3cccn3-c3ccccc3)C(=O)NC2=S)c1. The van der Waals surface area contributed by atoms with Crippen LogP contribution in [0.15, 0.2) is 72.4 Å². The maximum Gasteiger partial charge on any atom is 0.270 e. The van der Waals surface area contributed by atoms with Gasteiger partial charge in [-0.05, 0) is 79.7 Å². The van der Waals surface area contributed by atoms with Crippen LogP contribution in [0.4, 0.5) is 5.69 Å². The first-order valence-electron chi connectivity index (χ1n) is 9.16. The van der Waals surface area contributed by atoms with E-state index in [4.69, 9.17) is 12.2 Å². The number of rotatable bonds is 3. The molecule has 0 unspecified atom stereocenters. The Kier molecular flexibility index (Phi) is 4.86. The highest BCUT2D eigenvalue weighted by Crippen LogP contribution is 2.25. The quantitative estimate of drug-likeness (QED) is 0.411.